The monoisotopic (exact) mass is 951 g/mol. The molecular formula is C54H48BN6O10. The molecule has 2 saturated heterocycles. The summed E-state index contributed by atoms with van der Waals surface area (Å²) in [7, 11) is 4.65. The van der Waals surface area contributed by atoms with Crippen LogP contribution >= 0.6 is 0 Å². The molecule has 3 radical (unpaired) electrons. The van der Waals surface area contributed by atoms with Crippen molar-refractivity contribution in [1.82, 2.24) is 9.97 Å². The van der Waals surface area contributed by atoms with Crippen molar-refractivity contribution >= 4 is 53.0 Å². The molecule has 8 aromatic rings. The highest BCUT2D eigenvalue weighted by Gasteiger charge is 2.24. The Bertz CT molecular complexity index is 3190. The van der Waals surface area contributed by atoms with Crippen molar-refractivity contribution < 1.29 is 48.1 Å². The van der Waals surface area contributed by atoms with Crippen LogP contribution in [0.3, 0.4) is 0 Å². The van der Waals surface area contributed by atoms with Gasteiger partial charge in [-0.05, 0) is 91.3 Å². The van der Waals surface area contributed by atoms with Crippen molar-refractivity contribution in [3.05, 3.63) is 145 Å². The second-order valence-electron chi connectivity index (χ2n) is 15.6. The molecule has 0 amide bonds. The Labute approximate surface area is 412 Å². The van der Waals surface area contributed by atoms with Gasteiger partial charge in [-0.1, -0.05) is 31.2 Å². The Balaban J connectivity index is 0.000000188. The number of phenols is 2. The number of methoxy groups -OCH3 is 3. The van der Waals surface area contributed by atoms with Crippen LogP contribution in [0, 0.1) is 22.7 Å². The van der Waals surface area contributed by atoms with Crippen molar-refractivity contribution in [2.24, 2.45) is 0 Å². The molecule has 16 nitrogen and oxygen atoms in total. The molecule has 357 valence electrons. The molecule has 2 aliphatic heterocycles. The van der Waals surface area contributed by atoms with Gasteiger partial charge in [0.2, 0.25) is 0 Å². The number of para-hydroxylation sites is 4. The van der Waals surface area contributed by atoms with Gasteiger partial charge in [0.05, 0.1) is 74.2 Å². The number of hydrogen-bond donors (Lipinski definition) is 4. The van der Waals surface area contributed by atoms with Crippen LogP contribution < -0.4 is 39.1 Å². The first-order chi connectivity index (χ1) is 34.2. The van der Waals surface area contributed by atoms with Gasteiger partial charge in [-0.3, -0.25) is 9.97 Å². The summed E-state index contributed by atoms with van der Waals surface area (Å²) in [6, 6.07) is 40.1. The van der Waals surface area contributed by atoms with Gasteiger partial charge in [0.15, 0.2) is 46.0 Å². The van der Waals surface area contributed by atoms with E-state index < -0.39 is 0 Å². The van der Waals surface area contributed by atoms with Gasteiger partial charge in [0, 0.05) is 55.1 Å². The summed E-state index contributed by atoms with van der Waals surface area (Å²) in [6.07, 6.45) is 4.86. The van der Waals surface area contributed by atoms with Crippen LogP contribution in [0.15, 0.2) is 134 Å². The minimum atomic E-state index is -0.0337. The summed E-state index contributed by atoms with van der Waals surface area (Å²) >= 11 is 0. The van der Waals surface area contributed by atoms with E-state index in [4.69, 9.17) is 37.9 Å². The molecule has 4 heterocycles. The third-order valence-electron chi connectivity index (χ3n) is 10.9. The number of ether oxygens (including phenoxy) is 8. The number of fused-ring (bicyclic) bond motifs is 2. The molecule has 10 rings (SSSR count). The van der Waals surface area contributed by atoms with Crippen LogP contribution in [-0.2, 0) is 9.47 Å². The molecule has 2 aromatic heterocycles. The van der Waals surface area contributed by atoms with Crippen molar-refractivity contribution in [2.75, 3.05) is 51.8 Å². The van der Waals surface area contributed by atoms with Crippen molar-refractivity contribution in [2.45, 2.75) is 25.6 Å². The van der Waals surface area contributed by atoms with E-state index in [0.29, 0.717) is 110 Å². The zero-order valence-corrected chi connectivity index (χ0v) is 39.2. The first-order valence-electron chi connectivity index (χ1n) is 22.1. The summed E-state index contributed by atoms with van der Waals surface area (Å²) < 4.78 is 43.3. The number of aromatic hydroxyl groups is 2. The maximum absolute atomic E-state index is 10.5. The Kier molecular flexibility index (Phi) is 16.5. The van der Waals surface area contributed by atoms with Crippen LogP contribution in [-0.4, -0.2) is 82.0 Å². The Hall–Kier alpha value is -8.90. The zero-order chi connectivity index (χ0) is 49.0. The standard InChI is InChI=1S/C26H21N3O5.C24H19N3O4.C4H8O.B/c1-31-23-4-2-3-5-24(23)34-18-8-6-17(7-9-18)29-26-16(12-27)13-28-21-11-25(22(30)10-20(21)26)33-15-19-14-32-19;1-29-21-5-3-4-6-22(21)31-17-9-7-16(8-10-17)27-24-15(13-25)14-26-19-12-20(28)23(30-2)11-18(19)24;1-2-4-3-5-4;/h2-11,13,19,30H,14-15H2,1H3,(H,28,29);3-12,14,28H,1-2H3,(H,26,27);4H,2-3H2,1H3;/t19-;;4-;/m0.1./s1. The minimum absolute atomic E-state index is 0. The SMILES string of the molecule is CC[C@@H]1CO1.COc1cc2c(Nc3ccc(Oc4ccccc4OC)cc3)c(C#N)cnc2cc1O.COc1ccccc1Oc1ccc(Nc2c(C#N)cnc3cc(OC[C@@H]4CO4)c(O)cc23)cc1.[B]. The summed E-state index contributed by atoms with van der Waals surface area (Å²) in [4.78, 5) is 8.62. The van der Waals surface area contributed by atoms with Crippen LogP contribution in [0.25, 0.3) is 21.8 Å². The third kappa shape index (κ3) is 12.6. The van der Waals surface area contributed by atoms with Gasteiger partial charge < -0.3 is 58.7 Å². The molecule has 0 aliphatic carbocycles. The third-order valence-corrected chi connectivity index (χ3v) is 10.9. The number of rotatable bonds is 15. The maximum atomic E-state index is 10.5. The minimum Gasteiger partial charge on any atom is -0.504 e. The Morgan fingerprint density at radius 2 is 1.01 bits per heavy atom. The largest absolute Gasteiger partial charge is 0.504 e. The van der Waals surface area contributed by atoms with Crippen molar-refractivity contribution in [3.8, 4) is 69.6 Å². The fourth-order valence-electron chi connectivity index (χ4n) is 6.95. The van der Waals surface area contributed by atoms with Gasteiger partial charge in [-0.25, -0.2) is 0 Å². The lowest BCUT2D eigenvalue weighted by Crippen LogP contribution is -2.04. The summed E-state index contributed by atoms with van der Waals surface area (Å²) in [5.74, 6) is 4.35. The zero-order valence-electron chi connectivity index (χ0n) is 39.2. The maximum Gasteiger partial charge on any atom is 0.169 e. The topological polar surface area (TPSA) is 218 Å². The van der Waals surface area contributed by atoms with E-state index >= 15 is 0 Å². The van der Waals surface area contributed by atoms with Crippen molar-refractivity contribution in [1.29, 1.82) is 10.5 Å². The molecule has 17 heteroatoms. The number of anilines is 4. The fourth-order valence-corrected chi connectivity index (χ4v) is 6.95. The lowest BCUT2D eigenvalue weighted by Gasteiger charge is -2.14. The number of benzene rings is 6. The first-order valence-corrected chi connectivity index (χ1v) is 22.1. The molecule has 0 saturated carbocycles. The molecule has 0 bridgehead atoms. The van der Waals surface area contributed by atoms with Crippen LogP contribution in [0.2, 0.25) is 0 Å². The van der Waals surface area contributed by atoms with Gasteiger partial charge in [-0.2, -0.15) is 10.5 Å². The molecule has 6 aromatic carbocycles. The van der Waals surface area contributed by atoms with E-state index in [2.05, 4.69) is 39.7 Å². The smallest absolute Gasteiger partial charge is 0.169 e. The Morgan fingerprint density at radius 1 is 0.577 bits per heavy atom. The number of epoxide rings is 2. The predicted molar refractivity (Wildman–Crippen MR) is 269 cm³/mol. The molecule has 0 unspecified atom stereocenters. The second kappa shape index (κ2) is 23.4. The molecule has 4 N–H and O–H groups in total. The van der Waals surface area contributed by atoms with Crippen LogP contribution in [0.4, 0.5) is 22.7 Å². The average Bonchev–Trinajstić information content (AvgIpc) is 4.35. The van der Waals surface area contributed by atoms with Gasteiger partial charge in [-0.15, -0.1) is 0 Å². The van der Waals surface area contributed by atoms with Crippen LogP contribution in [0.5, 0.6) is 57.5 Å². The van der Waals surface area contributed by atoms with E-state index in [1.165, 1.54) is 32.0 Å². The summed E-state index contributed by atoms with van der Waals surface area (Å²) in [6.45, 7) is 4.17. The highest BCUT2D eigenvalue weighted by molar-refractivity contribution is 5.98. The predicted octanol–water partition coefficient (Wildman–Crippen LogP) is 10.9. The lowest BCUT2D eigenvalue weighted by molar-refractivity contribution is 0.254. The fraction of sp³-hybridized carbons (Fsp3) is 0.185. The highest BCUT2D eigenvalue weighted by atomic mass is 16.6. The molecule has 71 heavy (non-hydrogen) atoms. The summed E-state index contributed by atoms with van der Waals surface area (Å²) in [5, 5.41) is 47.5. The molecule has 2 atom stereocenters. The van der Waals surface area contributed by atoms with E-state index in [9.17, 15) is 20.7 Å². The number of nitriles is 2. The average molecular weight is 952 g/mol. The van der Waals surface area contributed by atoms with Gasteiger partial charge in [0.1, 0.15) is 36.3 Å². The van der Waals surface area contributed by atoms with E-state index in [1.54, 1.807) is 32.4 Å². The normalized spacial score (nSPS) is 13.8. The highest BCUT2D eigenvalue weighted by Crippen LogP contribution is 2.40. The number of hydrogen-bond acceptors (Lipinski definition) is 16. The van der Waals surface area contributed by atoms with Gasteiger partial charge >= 0.3 is 0 Å². The molecule has 2 fully saturated rings. The number of nitrogens with zero attached hydrogens (tertiary/aromatic N) is 4. The van der Waals surface area contributed by atoms with E-state index in [-0.39, 0.29) is 26.0 Å². The number of phenolic OH excluding ortho intramolecular Hbond substituents is 2. The molecular weight excluding hydrogens is 903 g/mol. The quantitative estimate of drug-likeness (QED) is 0.0555. The lowest BCUT2D eigenvalue weighted by atomic mass is 10.1. The second-order valence-corrected chi connectivity index (χ2v) is 15.6. The van der Waals surface area contributed by atoms with Crippen molar-refractivity contribution in [3.63, 3.8) is 0 Å². The van der Waals surface area contributed by atoms with E-state index in [0.717, 1.165) is 18.0 Å². The van der Waals surface area contributed by atoms with Crippen LogP contribution in [0.1, 0.15) is 24.5 Å². The first kappa shape index (κ1) is 50.0. The number of nitrogens with one attached hydrogen (secondary N) is 2. The molecule has 2 aliphatic rings. The van der Waals surface area contributed by atoms with E-state index in [1.807, 2.05) is 97.1 Å². The van der Waals surface area contributed by atoms with Gasteiger partial charge in [0.25, 0.3) is 0 Å². The Morgan fingerprint density at radius 3 is 1.44 bits per heavy atom. The molecule has 0 spiro atoms. The summed E-state index contributed by atoms with van der Waals surface area (Å²) in [5.41, 5.74) is 4.45. The number of pyridine rings is 2. The number of aromatic nitrogens is 2.